The SMILES string of the molecule is C=C(C)CN=C(c1ccc(Cl)cc1)c1c(CCC)sc(C)c1C. The Bertz CT molecular complexity index is 723. The van der Waals surface area contributed by atoms with Crippen molar-refractivity contribution in [3.8, 4) is 0 Å². The predicted octanol–water partition coefficient (Wildman–Crippen LogP) is 6.38. The summed E-state index contributed by atoms with van der Waals surface area (Å²) in [4.78, 5) is 7.70. The van der Waals surface area contributed by atoms with Crippen LogP contribution in [0.5, 0.6) is 0 Å². The number of nitrogens with zero attached hydrogens (tertiary/aromatic N) is 1. The molecular formula is C20H24ClNS. The van der Waals surface area contributed by atoms with E-state index in [1.165, 1.54) is 20.9 Å². The second kappa shape index (κ2) is 7.94. The van der Waals surface area contributed by atoms with Crippen LogP contribution in [0.1, 0.15) is 46.7 Å². The van der Waals surface area contributed by atoms with E-state index in [1.807, 2.05) is 30.4 Å². The molecule has 0 aliphatic heterocycles. The Morgan fingerprint density at radius 1 is 1.22 bits per heavy atom. The van der Waals surface area contributed by atoms with E-state index in [0.29, 0.717) is 6.54 Å². The first-order chi connectivity index (χ1) is 10.9. The van der Waals surface area contributed by atoms with Crippen molar-refractivity contribution in [1.29, 1.82) is 0 Å². The summed E-state index contributed by atoms with van der Waals surface area (Å²) in [6.07, 6.45) is 2.23. The number of benzene rings is 1. The van der Waals surface area contributed by atoms with Crippen molar-refractivity contribution in [2.75, 3.05) is 6.54 Å². The summed E-state index contributed by atoms with van der Waals surface area (Å²) in [5.41, 5.74) is 5.90. The van der Waals surface area contributed by atoms with E-state index in [9.17, 15) is 0 Å². The summed E-state index contributed by atoms with van der Waals surface area (Å²) in [6, 6.07) is 7.98. The van der Waals surface area contributed by atoms with Crippen molar-refractivity contribution in [3.05, 3.63) is 67.9 Å². The molecule has 2 aromatic rings. The first kappa shape index (κ1) is 18.0. The second-order valence-electron chi connectivity index (χ2n) is 5.96. The Labute approximate surface area is 148 Å². The van der Waals surface area contributed by atoms with Gasteiger partial charge in [0.2, 0.25) is 0 Å². The molecule has 0 bridgehead atoms. The van der Waals surface area contributed by atoms with E-state index in [-0.39, 0.29) is 0 Å². The van der Waals surface area contributed by atoms with E-state index in [2.05, 4.69) is 39.5 Å². The molecule has 0 aliphatic carbocycles. The molecule has 0 fully saturated rings. The van der Waals surface area contributed by atoms with Gasteiger partial charge in [0, 0.05) is 25.9 Å². The molecule has 0 unspecified atom stereocenters. The first-order valence-electron chi connectivity index (χ1n) is 7.98. The Balaban J connectivity index is 2.60. The van der Waals surface area contributed by atoms with Crippen molar-refractivity contribution >= 4 is 28.6 Å². The van der Waals surface area contributed by atoms with Crippen LogP contribution in [0, 0.1) is 13.8 Å². The second-order valence-corrected chi connectivity index (χ2v) is 7.71. The average molecular weight is 346 g/mol. The Kier molecular flexibility index (Phi) is 6.20. The molecule has 1 aromatic heterocycles. The lowest BCUT2D eigenvalue weighted by Gasteiger charge is -2.11. The molecule has 0 amide bonds. The fraction of sp³-hybridized carbons (Fsp3) is 0.350. The number of hydrogen-bond donors (Lipinski definition) is 0. The largest absolute Gasteiger partial charge is 0.280 e. The van der Waals surface area contributed by atoms with E-state index >= 15 is 0 Å². The molecule has 3 heteroatoms. The number of aliphatic imine (C=N–C) groups is 1. The molecule has 1 heterocycles. The van der Waals surface area contributed by atoms with Crippen LogP contribution in [0.3, 0.4) is 0 Å². The number of aryl methyl sites for hydroxylation is 2. The van der Waals surface area contributed by atoms with Gasteiger partial charge in [-0.05, 0) is 44.9 Å². The van der Waals surface area contributed by atoms with Gasteiger partial charge >= 0.3 is 0 Å². The maximum atomic E-state index is 6.05. The highest BCUT2D eigenvalue weighted by Gasteiger charge is 2.18. The van der Waals surface area contributed by atoms with E-state index in [0.717, 1.165) is 34.7 Å². The van der Waals surface area contributed by atoms with Crippen LogP contribution < -0.4 is 0 Å². The number of thiophene rings is 1. The number of hydrogen-bond acceptors (Lipinski definition) is 2. The van der Waals surface area contributed by atoms with Crippen molar-refractivity contribution in [1.82, 2.24) is 0 Å². The van der Waals surface area contributed by atoms with Crippen LogP contribution in [0.15, 0.2) is 41.4 Å². The van der Waals surface area contributed by atoms with Gasteiger partial charge in [0.05, 0.1) is 12.3 Å². The molecule has 0 N–H and O–H groups in total. The van der Waals surface area contributed by atoms with Crippen LogP contribution in [-0.4, -0.2) is 12.3 Å². The fourth-order valence-electron chi connectivity index (χ4n) is 2.55. The maximum absolute atomic E-state index is 6.05. The topological polar surface area (TPSA) is 12.4 Å². The van der Waals surface area contributed by atoms with Gasteiger partial charge in [-0.3, -0.25) is 4.99 Å². The minimum Gasteiger partial charge on any atom is -0.280 e. The highest BCUT2D eigenvalue weighted by molar-refractivity contribution is 7.12. The lowest BCUT2D eigenvalue weighted by atomic mass is 9.97. The third kappa shape index (κ3) is 4.33. The van der Waals surface area contributed by atoms with Crippen LogP contribution in [-0.2, 0) is 6.42 Å². The quantitative estimate of drug-likeness (QED) is 0.425. The monoisotopic (exact) mass is 345 g/mol. The third-order valence-electron chi connectivity index (χ3n) is 3.80. The molecule has 1 nitrogen and oxygen atoms in total. The van der Waals surface area contributed by atoms with Crippen molar-refractivity contribution in [3.63, 3.8) is 0 Å². The molecule has 0 saturated heterocycles. The van der Waals surface area contributed by atoms with Crippen molar-refractivity contribution < 1.29 is 0 Å². The molecule has 0 aliphatic rings. The summed E-state index contributed by atoms with van der Waals surface area (Å²) < 4.78 is 0. The molecular weight excluding hydrogens is 322 g/mol. The van der Waals surface area contributed by atoms with Gasteiger partial charge in [-0.15, -0.1) is 11.3 Å². The minimum atomic E-state index is 0.651. The number of rotatable bonds is 6. The van der Waals surface area contributed by atoms with Crippen LogP contribution in [0.25, 0.3) is 0 Å². The smallest absolute Gasteiger partial charge is 0.0736 e. The van der Waals surface area contributed by atoms with Crippen LogP contribution >= 0.6 is 22.9 Å². The molecule has 122 valence electrons. The summed E-state index contributed by atoms with van der Waals surface area (Å²) >= 11 is 7.95. The van der Waals surface area contributed by atoms with Gasteiger partial charge in [0.25, 0.3) is 0 Å². The fourth-order valence-corrected chi connectivity index (χ4v) is 3.96. The molecule has 23 heavy (non-hydrogen) atoms. The van der Waals surface area contributed by atoms with Crippen LogP contribution in [0.4, 0.5) is 0 Å². The molecule has 0 radical (unpaired) electrons. The minimum absolute atomic E-state index is 0.651. The van der Waals surface area contributed by atoms with Crippen molar-refractivity contribution in [2.45, 2.75) is 40.5 Å². The predicted molar refractivity (Wildman–Crippen MR) is 105 cm³/mol. The van der Waals surface area contributed by atoms with Gasteiger partial charge in [-0.2, -0.15) is 0 Å². The summed E-state index contributed by atoms with van der Waals surface area (Å²) in [5.74, 6) is 0. The number of halogens is 1. The zero-order chi connectivity index (χ0) is 17.0. The summed E-state index contributed by atoms with van der Waals surface area (Å²) in [7, 11) is 0. The Hall–Kier alpha value is -1.38. The first-order valence-corrected chi connectivity index (χ1v) is 9.17. The van der Waals surface area contributed by atoms with Gasteiger partial charge in [-0.1, -0.05) is 49.2 Å². The summed E-state index contributed by atoms with van der Waals surface area (Å²) in [5, 5.41) is 0.750. The van der Waals surface area contributed by atoms with Crippen molar-refractivity contribution in [2.24, 2.45) is 4.99 Å². The maximum Gasteiger partial charge on any atom is 0.0736 e. The van der Waals surface area contributed by atoms with Gasteiger partial charge in [0.15, 0.2) is 0 Å². The molecule has 0 spiro atoms. The van der Waals surface area contributed by atoms with Gasteiger partial charge < -0.3 is 0 Å². The lowest BCUT2D eigenvalue weighted by molar-refractivity contribution is 0.936. The third-order valence-corrected chi connectivity index (χ3v) is 5.32. The van der Waals surface area contributed by atoms with E-state index in [4.69, 9.17) is 16.6 Å². The zero-order valence-electron chi connectivity index (χ0n) is 14.4. The Morgan fingerprint density at radius 2 is 1.87 bits per heavy atom. The van der Waals surface area contributed by atoms with Gasteiger partial charge in [-0.25, -0.2) is 0 Å². The molecule has 0 saturated carbocycles. The molecule has 2 rings (SSSR count). The average Bonchev–Trinajstić information content (AvgIpc) is 2.77. The van der Waals surface area contributed by atoms with Crippen LogP contribution in [0.2, 0.25) is 5.02 Å². The summed E-state index contributed by atoms with van der Waals surface area (Å²) in [6.45, 7) is 13.3. The molecule has 1 aromatic carbocycles. The van der Waals surface area contributed by atoms with E-state index < -0.39 is 0 Å². The Morgan fingerprint density at radius 3 is 2.43 bits per heavy atom. The highest BCUT2D eigenvalue weighted by Crippen LogP contribution is 2.31. The highest BCUT2D eigenvalue weighted by atomic mass is 35.5. The standard InChI is InChI=1S/C20H24ClNS/c1-6-7-18-19(14(4)15(5)23-18)20(22-12-13(2)3)16-8-10-17(21)11-9-16/h8-11H,2,6-7,12H2,1,3-5H3. The lowest BCUT2D eigenvalue weighted by Crippen LogP contribution is -2.08. The zero-order valence-corrected chi connectivity index (χ0v) is 15.9. The van der Waals surface area contributed by atoms with E-state index in [1.54, 1.807) is 0 Å². The molecule has 0 atom stereocenters. The van der Waals surface area contributed by atoms with Gasteiger partial charge in [0.1, 0.15) is 0 Å². The normalized spacial score (nSPS) is 11.8.